The summed E-state index contributed by atoms with van der Waals surface area (Å²) in [6, 6.07) is 8.83. The van der Waals surface area contributed by atoms with E-state index in [-0.39, 0.29) is 6.04 Å². The molecule has 0 bridgehead atoms. The summed E-state index contributed by atoms with van der Waals surface area (Å²) < 4.78 is 5.36. The summed E-state index contributed by atoms with van der Waals surface area (Å²) in [6.07, 6.45) is 2.65. The van der Waals surface area contributed by atoms with E-state index < -0.39 is 0 Å². The third-order valence-corrected chi connectivity index (χ3v) is 3.44. The Morgan fingerprint density at radius 1 is 1.41 bits per heavy atom. The molecule has 0 saturated heterocycles. The van der Waals surface area contributed by atoms with E-state index >= 15 is 0 Å². The lowest BCUT2D eigenvalue weighted by Gasteiger charge is -2.25. The van der Waals surface area contributed by atoms with Crippen LogP contribution in [0.5, 0.6) is 5.75 Å². The van der Waals surface area contributed by atoms with E-state index in [2.05, 4.69) is 17.9 Å². The Labute approximate surface area is 104 Å². The molecule has 1 saturated carbocycles. The van der Waals surface area contributed by atoms with Gasteiger partial charge in [-0.05, 0) is 25.5 Å². The van der Waals surface area contributed by atoms with Gasteiger partial charge in [-0.15, -0.1) is 0 Å². The first-order valence-corrected chi connectivity index (χ1v) is 6.38. The molecular formula is C14H22N2O. The number of likely N-dealkylation sites (N-methyl/N-ethyl adjacent to an activating group) is 1. The molecule has 1 unspecified atom stereocenters. The summed E-state index contributed by atoms with van der Waals surface area (Å²) in [4.78, 5) is 2.47. The maximum atomic E-state index is 6.29. The Balaban J connectivity index is 2.04. The predicted molar refractivity (Wildman–Crippen MR) is 70.2 cm³/mol. The van der Waals surface area contributed by atoms with Crippen LogP contribution in [0, 0.1) is 0 Å². The second-order valence-corrected chi connectivity index (χ2v) is 4.67. The van der Waals surface area contributed by atoms with Crippen LogP contribution in [0.3, 0.4) is 0 Å². The summed E-state index contributed by atoms with van der Waals surface area (Å²) >= 11 is 0. The number of methoxy groups -OCH3 is 1. The van der Waals surface area contributed by atoms with Crippen molar-refractivity contribution in [2.24, 2.45) is 5.73 Å². The lowest BCUT2D eigenvalue weighted by atomic mass is 10.1. The Hall–Kier alpha value is -1.06. The number of rotatable bonds is 6. The summed E-state index contributed by atoms with van der Waals surface area (Å²) in [6.45, 7) is 4.20. The van der Waals surface area contributed by atoms with Crippen molar-refractivity contribution in [3.8, 4) is 5.75 Å². The number of nitrogens with two attached hydrogens (primary N) is 1. The second kappa shape index (κ2) is 5.52. The maximum absolute atomic E-state index is 6.29. The summed E-state index contributed by atoms with van der Waals surface area (Å²) in [7, 11) is 1.70. The molecule has 1 aliphatic carbocycles. The van der Waals surface area contributed by atoms with Crippen LogP contribution in [-0.4, -0.2) is 31.1 Å². The number of benzene rings is 1. The van der Waals surface area contributed by atoms with Crippen molar-refractivity contribution in [1.82, 2.24) is 4.90 Å². The Morgan fingerprint density at radius 3 is 2.71 bits per heavy atom. The highest BCUT2D eigenvalue weighted by molar-refractivity contribution is 5.35. The molecule has 3 nitrogen and oxygen atoms in total. The van der Waals surface area contributed by atoms with Gasteiger partial charge >= 0.3 is 0 Å². The quantitative estimate of drug-likeness (QED) is 0.820. The summed E-state index contributed by atoms with van der Waals surface area (Å²) in [5.74, 6) is 0.895. The lowest BCUT2D eigenvalue weighted by molar-refractivity contribution is 0.258. The molecule has 0 heterocycles. The SMILES string of the molecule is CCN(CC(N)c1ccccc1OC)C1CC1. The van der Waals surface area contributed by atoms with Gasteiger partial charge in [0, 0.05) is 24.2 Å². The normalized spacial score (nSPS) is 17.2. The van der Waals surface area contributed by atoms with Crippen LogP contribution < -0.4 is 10.5 Å². The Kier molecular flexibility index (Phi) is 4.02. The van der Waals surface area contributed by atoms with Crippen LogP contribution in [0.1, 0.15) is 31.4 Å². The Morgan fingerprint density at radius 2 is 2.12 bits per heavy atom. The Bertz CT molecular complexity index is 363. The van der Waals surface area contributed by atoms with Gasteiger partial charge in [0.15, 0.2) is 0 Å². The van der Waals surface area contributed by atoms with Crippen molar-refractivity contribution in [1.29, 1.82) is 0 Å². The molecule has 1 atom stereocenters. The number of nitrogens with zero attached hydrogens (tertiary/aromatic N) is 1. The van der Waals surface area contributed by atoms with E-state index in [1.54, 1.807) is 7.11 Å². The fraction of sp³-hybridized carbons (Fsp3) is 0.571. The first-order valence-electron chi connectivity index (χ1n) is 6.38. The van der Waals surface area contributed by atoms with Gasteiger partial charge in [-0.25, -0.2) is 0 Å². The summed E-state index contributed by atoms with van der Waals surface area (Å²) in [5.41, 5.74) is 7.40. The van der Waals surface area contributed by atoms with E-state index in [0.29, 0.717) is 0 Å². The molecule has 0 radical (unpaired) electrons. The van der Waals surface area contributed by atoms with Gasteiger partial charge in [-0.3, -0.25) is 4.90 Å². The monoisotopic (exact) mass is 234 g/mol. The zero-order valence-electron chi connectivity index (χ0n) is 10.7. The molecule has 1 aliphatic rings. The number of hydrogen-bond donors (Lipinski definition) is 1. The summed E-state index contributed by atoms with van der Waals surface area (Å²) in [5, 5.41) is 0. The second-order valence-electron chi connectivity index (χ2n) is 4.67. The maximum Gasteiger partial charge on any atom is 0.123 e. The number of ether oxygens (including phenoxy) is 1. The zero-order valence-corrected chi connectivity index (χ0v) is 10.7. The molecule has 17 heavy (non-hydrogen) atoms. The molecule has 0 spiro atoms. The van der Waals surface area contributed by atoms with Crippen molar-refractivity contribution in [2.75, 3.05) is 20.2 Å². The molecule has 1 aromatic carbocycles. The topological polar surface area (TPSA) is 38.5 Å². The third-order valence-electron chi connectivity index (χ3n) is 3.44. The van der Waals surface area contributed by atoms with Gasteiger partial charge in [0.25, 0.3) is 0 Å². The van der Waals surface area contributed by atoms with Crippen LogP contribution in [-0.2, 0) is 0 Å². The van der Waals surface area contributed by atoms with Crippen LogP contribution >= 0.6 is 0 Å². The number of para-hydroxylation sites is 1. The zero-order chi connectivity index (χ0) is 12.3. The highest BCUT2D eigenvalue weighted by Gasteiger charge is 2.29. The minimum absolute atomic E-state index is 0.0340. The van der Waals surface area contributed by atoms with E-state index in [1.165, 1.54) is 12.8 Å². The molecule has 0 amide bonds. The van der Waals surface area contributed by atoms with Gasteiger partial charge in [0.05, 0.1) is 7.11 Å². The fourth-order valence-electron chi connectivity index (χ4n) is 2.30. The van der Waals surface area contributed by atoms with Gasteiger partial charge in [0.1, 0.15) is 5.75 Å². The molecule has 1 aromatic rings. The molecule has 3 heteroatoms. The number of hydrogen-bond acceptors (Lipinski definition) is 3. The van der Waals surface area contributed by atoms with Crippen LogP contribution in [0.4, 0.5) is 0 Å². The minimum Gasteiger partial charge on any atom is -0.496 e. The molecule has 94 valence electrons. The highest BCUT2D eigenvalue weighted by atomic mass is 16.5. The van der Waals surface area contributed by atoms with Gasteiger partial charge in [-0.1, -0.05) is 25.1 Å². The molecule has 2 N–H and O–H groups in total. The first-order chi connectivity index (χ1) is 8.26. The van der Waals surface area contributed by atoms with Gasteiger partial charge in [-0.2, -0.15) is 0 Å². The smallest absolute Gasteiger partial charge is 0.123 e. The average Bonchev–Trinajstić information content (AvgIpc) is 3.19. The molecule has 0 aliphatic heterocycles. The fourth-order valence-corrected chi connectivity index (χ4v) is 2.30. The largest absolute Gasteiger partial charge is 0.496 e. The van der Waals surface area contributed by atoms with Gasteiger partial charge in [0.2, 0.25) is 0 Å². The van der Waals surface area contributed by atoms with Crippen molar-refractivity contribution in [3.63, 3.8) is 0 Å². The van der Waals surface area contributed by atoms with E-state index in [9.17, 15) is 0 Å². The van der Waals surface area contributed by atoms with Crippen LogP contribution in [0.2, 0.25) is 0 Å². The molecule has 1 fully saturated rings. The predicted octanol–water partition coefficient (Wildman–Crippen LogP) is 2.18. The molecular weight excluding hydrogens is 212 g/mol. The minimum atomic E-state index is 0.0340. The standard InChI is InChI=1S/C14H22N2O/c1-3-16(11-8-9-11)10-13(15)12-6-4-5-7-14(12)17-2/h4-7,11,13H,3,8-10,15H2,1-2H3. The third kappa shape index (κ3) is 2.99. The van der Waals surface area contributed by atoms with E-state index in [0.717, 1.165) is 30.4 Å². The average molecular weight is 234 g/mol. The highest BCUT2D eigenvalue weighted by Crippen LogP contribution is 2.30. The van der Waals surface area contributed by atoms with Crippen molar-refractivity contribution in [3.05, 3.63) is 29.8 Å². The molecule has 0 aromatic heterocycles. The molecule has 2 rings (SSSR count). The van der Waals surface area contributed by atoms with Crippen molar-refractivity contribution >= 4 is 0 Å². The van der Waals surface area contributed by atoms with E-state index in [1.807, 2.05) is 18.2 Å². The first kappa shape index (κ1) is 12.4. The van der Waals surface area contributed by atoms with Crippen molar-refractivity contribution in [2.45, 2.75) is 31.8 Å². The van der Waals surface area contributed by atoms with Crippen LogP contribution in [0.25, 0.3) is 0 Å². The van der Waals surface area contributed by atoms with Crippen molar-refractivity contribution < 1.29 is 4.74 Å². The van der Waals surface area contributed by atoms with Gasteiger partial charge < -0.3 is 10.5 Å². The van der Waals surface area contributed by atoms with Crippen LogP contribution in [0.15, 0.2) is 24.3 Å². The lowest BCUT2D eigenvalue weighted by Crippen LogP contribution is -2.33. The van der Waals surface area contributed by atoms with E-state index in [4.69, 9.17) is 10.5 Å².